The number of ether oxygens (including phenoxy) is 1. The minimum absolute atomic E-state index is 0.0280. The van der Waals surface area contributed by atoms with E-state index in [-0.39, 0.29) is 23.5 Å². The summed E-state index contributed by atoms with van der Waals surface area (Å²) in [6.07, 6.45) is 3.00. The van der Waals surface area contributed by atoms with Crippen LogP contribution in [-0.4, -0.2) is 42.7 Å². The molecule has 1 N–H and O–H groups in total. The first-order chi connectivity index (χ1) is 14.4. The van der Waals surface area contributed by atoms with Crippen LogP contribution in [0.25, 0.3) is 0 Å². The maximum Gasteiger partial charge on any atom is 0.263 e. The number of amides is 2. The average Bonchev–Trinajstić information content (AvgIpc) is 3.23. The highest BCUT2D eigenvalue weighted by molar-refractivity contribution is 7.15. The van der Waals surface area contributed by atoms with E-state index in [1.165, 1.54) is 18.3 Å². The molecule has 2 aromatic rings. The van der Waals surface area contributed by atoms with E-state index in [9.17, 15) is 14.4 Å². The maximum atomic E-state index is 12.8. The quantitative estimate of drug-likeness (QED) is 0.612. The number of likely N-dealkylation sites (tertiary alicyclic amines) is 1. The first kappa shape index (κ1) is 22.3. The number of halogens is 1. The van der Waals surface area contributed by atoms with E-state index in [2.05, 4.69) is 5.32 Å². The van der Waals surface area contributed by atoms with E-state index >= 15 is 0 Å². The number of benzene rings is 1. The Morgan fingerprint density at radius 2 is 2.00 bits per heavy atom. The normalized spacial score (nSPS) is 16.2. The van der Waals surface area contributed by atoms with Crippen LogP contribution in [-0.2, 0) is 4.79 Å². The minimum Gasteiger partial charge on any atom is -0.495 e. The number of nitrogens with zero attached hydrogens (tertiary/aromatic N) is 1. The fourth-order valence-electron chi connectivity index (χ4n) is 3.59. The lowest BCUT2D eigenvalue weighted by molar-refractivity contribution is -0.116. The first-order valence-corrected chi connectivity index (χ1v) is 11.1. The number of nitrogens with one attached hydrogen (secondary N) is 1. The Hall–Kier alpha value is -2.38. The van der Waals surface area contributed by atoms with Gasteiger partial charge < -0.3 is 15.0 Å². The van der Waals surface area contributed by atoms with Crippen molar-refractivity contribution in [3.63, 3.8) is 0 Å². The first-order valence-electron chi connectivity index (χ1n) is 9.91. The van der Waals surface area contributed by atoms with Gasteiger partial charge in [0, 0.05) is 25.2 Å². The number of methoxy groups -OCH3 is 1. The summed E-state index contributed by atoms with van der Waals surface area (Å²) in [5.74, 6) is 0.696. The van der Waals surface area contributed by atoms with E-state index in [4.69, 9.17) is 16.3 Å². The van der Waals surface area contributed by atoms with E-state index in [1.54, 1.807) is 37.4 Å². The van der Waals surface area contributed by atoms with Crippen LogP contribution < -0.4 is 10.1 Å². The monoisotopic (exact) mass is 448 g/mol. The van der Waals surface area contributed by atoms with Gasteiger partial charge in [0.15, 0.2) is 5.78 Å². The lowest BCUT2D eigenvalue weighted by Crippen LogP contribution is -2.39. The van der Waals surface area contributed by atoms with E-state index < -0.39 is 0 Å². The number of ketones is 1. The van der Waals surface area contributed by atoms with Gasteiger partial charge in [0.2, 0.25) is 5.91 Å². The van der Waals surface area contributed by atoms with Crippen molar-refractivity contribution in [3.8, 4) is 5.75 Å². The number of Topliss-reactive ketones (excluding diaryl/α,β-unsaturated/α-hetero) is 1. The van der Waals surface area contributed by atoms with Crippen molar-refractivity contribution in [2.45, 2.75) is 32.6 Å². The van der Waals surface area contributed by atoms with Crippen LogP contribution >= 0.6 is 22.9 Å². The molecule has 0 saturated carbocycles. The SMILES string of the molecule is COc1ccc(NC(=O)CC[C@@H]2CCCN(C(=O)c3ccc(C(C)=O)s3)C2)cc1Cl. The van der Waals surface area contributed by atoms with Gasteiger partial charge in [-0.25, -0.2) is 0 Å². The summed E-state index contributed by atoms with van der Waals surface area (Å²) in [6.45, 7) is 2.84. The molecule has 1 aliphatic rings. The molecule has 0 radical (unpaired) electrons. The Morgan fingerprint density at radius 3 is 2.67 bits per heavy atom. The zero-order valence-electron chi connectivity index (χ0n) is 17.1. The van der Waals surface area contributed by atoms with Crippen molar-refractivity contribution in [1.29, 1.82) is 0 Å². The topological polar surface area (TPSA) is 75.7 Å². The molecule has 2 amide bonds. The van der Waals surface area contributed by atoms with Crippen molar-refractivity contribution in [2.24, 2.45) is 5.92 Å². The van der Waals surface area contributed by atoms with Gasteiger partial charge in [-0.15, -0.1) is 11.3 Å². The van der Waals surface area contributed by atoms with E-state index in [1.807, 2.05) is 4.90 Å². The highest BCUT2D eigenvalue weighted by atomic mass is 35.5. The number of piperidine rings is 1. The summed E-state index contributed by atoms with van der Waals surface area (Å²) in [7, 11) is 1.54. The number of anilines is 1. The van der Waals surface area contributed by atoms with Gasteiger partial charge in [-0.2, -0.15) is 0 Å². The molecule has 1 saturated heterocycles. The fourth-order valence-corrected chi connectivity index (χ4v) is 4.71. The molecule has 6 nitrogen and oxygen atoms in total. The van der Waals surface area contributed by atoms with Crippen LogP contribution in [0.2, 0.25) is 5.02 Å². The lowest BCUT2D eigenvalue weighted by Gasteiger charge is -2.32. The fraction of sp³-hybridized carbons (Fsp3) is 0.409. The van der Waals surface area contributed by atoms with Crippen molar-refractivity contribution in [2.75, 3.05) is 25.5 Å². The summed E-state index contributed by atoms with van der Waals surface area (Å²) in [6, 6.07) is 8.55. The Morgan fingerprint density at radius 1 is 1.23 bits per heavy atom. The maximum absolute atomic E-state index is 12.8. The highest BCUT2D eigenvalue weighted by Gasteiger charge is 2.26. The van der Waals surface area contributed by atoms with Gasteiger partial charge in [-0.3, -0.25) is 14.4 Å². The van der Waals surface area contributed by atoms with Crippen LogP contribution in [0.4, 0.5) is 5.69 Å². The van der Waals surface area contributed by atoms with Crippen LogP contribution in [0, 0.1) is 5.92 Å². The third-order valence-electron chi connectivity index (χ3n) is 5.19. The van der Waals surface area contributed by atoms with Gasteiger partial charge in [0.1, 0.15) is 5.75 Å². The smallest absolute Gasteiger partial charge is 0.263 e. The molecule has 1 atom stereocenters. The number of carbonyl (C=O) groups is 3. The molecule has 1 aliphatic heterocycles. The van der Waals surface area contributed by atoms with Crippen molar-refractivity contribution in [3.05, 3.63) is 45.1 Å². The standard InChI is InChI=1S/C22H25ClN2O4S/c1-14(26)19-8-9-20(30-19)22(28)25-11-3-4-15(13-25)5-10-21(27)24-16-6-7-18(29-2)17(23)12-16/h6-9,12,15H,3-5,10-11,13H2,1-2H3,(H,24,27)/t15-/m0/s1. The highest BCUT2D eigenvalue weighted by Crippen LogP contribution is 2.28. The van der Waals surface area contributed by atoms with Gasteiger partial charge in [0.25, 0.3) is 5.91 Å². The molecule has 0 spiro atoms. The van der Waals surface area contributed by atoms with Gasteiger partial charge >= 0.3 is 0 Å². The molecular weight excluding hydrogens is 424 g/mol. The van der Waals surface area contributed by atoms with Gasteiger partial charge in [-0.1, -0.05) is 11.6 Å². The molecule has 1 aromatic heterocycles. The second kappa shape index (κ2) is 10.1. The number of hydrogen-bond donors (Lipinski definition) is 1. The van der Waals surface area contributed by atoms with Crippen LogP contribution in [0.3, 0.4) is 0 Å². The molecule has 1 fully saturated rings. The molecule has 0 aliphatic carbocycles. The van der Waals surface area contributed by atoms with Crippen molar-refractivity contribution >= 4 is 46.2 Å². The lowest BCUT2D eigenvalue weighted by atomic mass is 9.93. The van der Waals surface area contributed by atoms with Gasteiger partial charge in [0.05, 0.1) is 21.9 Å². The molecule has 0 unspecified atom stereocenters. The van der Waals surface area contributed by atoms with Crippen LogP contribution in [0.5, 0.6) is 5.75 Å². The summed E-state index contributed by atoms with van der Waals surface area (Å²) in [4.78, 5) is 39.6. The number of hydrogen-bond acceptors (Lipinski definition) is 5. The molecule has 30 heavy (non-hydrogen) atoms. The van der Waals surface area contributed by atoms with E-state index in [0.29, 0.717) is 52.1 Å². The molecule has 2 heterocycles. The average molecular weight is 449 g/mol. The molecule has 0 bridgehead atoms. The Balaban J connectivity index is 1.50. The van der Waals surface area contributed by atoms with E-state index in [0.717, 1.165) is 12.8 Å². The van der Waals surface area contributed by atoms with Crippen LogP contribution in [0.15, 0.2) is 30.3 Å². The predicted octanol–water partition coefficient (Wildman–Crippen LogP) is 4.88. The zero-order chi connectivity index (χ0) is 21.7. The largest absolute Gasteiger partial charge is 0.495 e. The minimum atomic E-state index is -0.0796. The number of rotatable bonds is 7. The summed E-state index contributed by atoms with van der Waals surface area (Å²) < 4.78 is 5.11. The Bertz CT molecular complexity index is 943. The second-order valence-corrected chi connectivity index (χ2v) is 8.91. The van der Waals surface area contributed by atoms with Crippen LogP contribution in [0.1, 0.15) is 52.0 Å². The molecule has 1 aromatic carbocycles. The third-order valence-corrected chi connectivity index (χ3v) is 6.65. The summed E-state index contributed by atoms with van der Waals surface area (Å²) in [5.41, 5.74) is 0.630. The molecule has 160 valence electrons. The summed E-state index contributed by atoms with van der Waals surface area (Å²) >= 11 is 7.34. The molecule has 3 rings (SSSR count). The van der Waals surface area contributed by atoms with Crippen molar-refractivity contribution < 1.29 is 19.1 Å². The number of carbonyl (C=O) groups excluding carboxylic acids is 3. The Kier molecular flexibility index (Phi) is 7.50. The third kappa shape index (κ3) is 5.61. The molecular formula is C22H25ClN2O4S. The number of thiophene rings is 1. The predicted molar refractivity (Wildman–Crippen MR) is 119 cm³/mol. The van der Waals surface area contributed by atoms with Gasteiger partial charge in [-0.05, 0) is 62.4 Å². The summed E-state index contributed by atoms with van der Waals surface area (Å²) in [5, 5.41) is 3.30. The Labute approximate surface area is 185 Å². The van der Waals surface area contributed by atoms with Crippen molar-refractivity contribution in [1.82, 2.24) is 4.90 Å². The second-order valence-electron chi connectivity index (χ2n) is 7.42. The zero-order valence-corrected chi connectivity index (χ0v) is 18.6. The molecule has 8 heteroatoms.